The summed E-state index contributed by atoms with van der Waals surface area (Å²) in [4.78, 5) is 15.9. The number of benzene rings is 1. The zero-order chi connectivity index (χ0) is 16.8. The Bertz CT molecular complexity index is 522. The number of hydrogen-bond donors (Lipinski definition) is 2. The van der Waals surface area contributed by atoms with E-state index in [1.54, 1.807) is 12.1 Å². The number of methoxy groups -OCH3 is 3. The van der Waals surface area contributed by atoms with Gasteiger partial charge in [0.15, 0.2) is 11.5 Å². The van der Waals surface area contributed by atoms with Gasteiger partial charge in [-0.3, -0.25) is 4.79 Å². The lowest BCUT2D eigenvalue weighted by atomic mass is 10.1. The molecular formula is C16H25ClN2O5. The lowest BCUT2D eigenvalue weighted by Crippen LogP contribution is -3.15. The number of halogens is 1. The maximum absolute atomic E-state index is 12.7. The monoisotopic (exact) mass is 360 g/mol. The van der Waals surface area contributed by atoms with Crippen molar-refractivity contribution in [2.75, 3.05) is 60.7 Å². The van der Waals surface area contributed by atoms with Crippen LogP contribution in [0.15, 0.2) is 12.1 Å². The molecule has 0 spiro atoms. The van der Waals surface area contributed by atoms with Crippen LogP contribution in [0.1, 0.15) is 10.4 Å². The smallest absolute Gasteiger partial charge is 0.254 e. The molecule has 1 aromatic rings. The fourth-order valence-corrected chi connectivity index (χ4v) is 2.82. The molecule has 0 aromatic heterocycles. The third-order valence-corrected chi connectivity index (χ3v) is 4.13. The Hall–Kier alpha value is -1.70. The van der Waals surface area contributed by atoms with Crippen LogP contribution in [0.2, 0.25) is 0 Å². The maximum Gasteiger partial charge on any atom is 0.254 e. The van der Waals surface area contributed by atoms with E-state index < -0.39 is 0 Å². The summed E-state index contributed by atoms with van der Waals surface area (Å²) in [6.07, 6.45) is 0. The highest BCUT2D eigenvalue weighted by Gasteiger charge is 2.26. The topological polar surface area (TPSA) is 72.7 Å². The summed E-state index contributed by atoms with van der Waals surface area (Å²) in [7, 11) is 4.59. The number of amides is 1. The molecule has 136 valence electrons. The predicted octanol–water partition coefficient (Wildman–Crippen LogP) is -3.95. The highest BCUT2D eigenvalue weighted by molar-refractivity contribution is 5.95. The van der Waals surface area contributed by atoms with Crippen molar-refractivity contribution < 1.29 is 41.4 Å². The first-order valence-corrected chi connectivity index (χ1v) is 7.68. The summed E-state index contributed by atoms with van der Waals surface area (Å²) in [6, 6.07) is 3.35. The molecule has 0 radical (unpaired) electrons. The quantitative estimate of drug-likeness (QED) is 0.542. The second-order valence-corrected chi connectivity index (χ2v) is 5.43. The first-order chi connectivity index (χ1) is 11.1. The average Bonchev–Trinajstić information content (AvgIpc) is 2.60. The van der Waals surface area contributed by atoms with Crippen LogP contribution in [0.25, 0.3) is 0 Å². The SMILES string of the molecule is COc1cc(C(=O)N2CC[NH+](CCO)CC2)cc(OC)c1OC.[Cl-]. The average molecular weight is 361 g/mol. The number of nitrogens with one attached hydrogen (secondary N) is 1. The van der Waals surface area contributed by atoms with Gasteiger partial charge in [-0.25, -0.2) is 0 Å². The number of aliphatic hydroxyl groups excluding tert-OH is 1. The summed E-state index contributed by atoms with van der Waals surface area (Å²) in [5.41, 5.74) is 0.519. The number of carbonyl (C=O) groups is 1. The third-order valence-electron chi connectivity index (χ3n) is 4.13. The van der Waals surface area contributed by atoms with Crippen molar-refractivity contribution in [3.8, 4) is 17.2 Å². The second-order valence-electron chi connectivity index (χ2n) is 5.43. The molecule has 7 nitrogen and oxygen atoms in total. The second kappa shape index (κ2) is 9.56. The minimum absolute atomic E-state index is 0. The van der Waals surface area contributed by atoms with Gasteiger partial charge in [-0.15, -0.1) is 0 Å². The first kappa shape index (κ1) is 20.3. The van der Waals surface area contributed by atoms with E-state index in [0.29, 0.717) is 35.9 Å². The van der Waals surface area contributed by atoms with Gasteiger partial charge >= 0.3 is 0 Å². The van der Waals surface area contributed by atoms with Crippen molar-refractivity contribution in [1.82, 2.24) is 4.90 Å². The molecule has 0 unspecified atom stereocenters. The Morgan fingerprint density at radius 2 is 1.67 bits per heavy atom. The van der Waals surface area contributed by atoms with Crippen molar-refractivity contribution >= 4 is 5.91 Å². The first-order valence-electron chi connectivity index (χ1n) is 7.68. The molecule has 0 aliphatic carbocycles. The number of ether oxygens (including phenoxy) is 3. The lowest BCUT2D eigenvalue weighted by Gasteiger charge is -2.32. The number of quaternary nitrogens is 1. The third kappa shape index (κ3) is 4.43. The molecule has 2 rings (SSSR count). The van der Waals surface area contributed by atoms with Crippen molar-refractivity contribution in [2.24, 2.45) is 0 Å². The number of rotatable bonds is 6. The van der Waals surface area contributed by atoms with Crippen LogP contribution >= 0.6 is 0 Å². The molecule has 1 aliphatic rings. The summed E-state index contributed by atoms with van der Waals surface area (Å²) in [5.74, 6) is 1.37. The van der Waals surface area contributed by atoms with Gasteiger partial charge in [-0.05, 0) is 12.1 Å². The van der Waals surface area contributed by atoms with E-state index in [9.17, 15) is 4.79 Å². The Morgan fingerprint density at radius 1 is 1.12 bits per heavy atom. The number of piperazine rings is 1. The molecule has 24 heavy (non-hydrogen) atoms. The standard InChI is InChI=1S/C16H24N2O5.ClH/c1-21-13-10-12(11-14(22-2)15(13)23-3)16(20)18-6-4-17(5-7-18)8-9-19;/h10-11,19H,4-9H2,1-3H3;1H. The van der Waals surface area contributed by atoms with E-state index in [2.05, 4.69) is 0 Å². The molecule has 1 aromatic carbocycles. The number of carbonyl (C=O) groups excluding carboxylic acids is 1. The van der Waals surface area contributed by atoms with Crippen molar-refractivity contribution in [3.63, 3.8) is 0 Å². The van der Waals surface area contributed by atoms with Gasteiger partial charge in [-0.2, -0.15) is 0 Å². The minimum atomic E-state index is -0.0488. The van der Waals surface area contributed by atoms with E-state index in [1.165, 1.54) is 26.2 Å². The van der Waals surface area contributed by atoms with E-state index in [1.807, 2.05) is 4.90 Å². The highest BCUT2D eigenvalue weighted by Crippen LogP contribution is 2.38. The molecule has 0 atom stereocenters. The zero-order valence-corrected chi connectivity index (χ0v) is 15.1. The Kier molecular flexibility index (Phi) is 8.10. The normalized spacial score (nSPS) is 14.8. The minimum Gasteiger partial charge on any atom is -1.00 e. The molecule has 1 fully saturated rings. The number of aliphatic hydroxyl groups is 1. The summed E-state index contributed by atoms with van der Waals surface area (Å²) >= 11 is 0. The van der Waals surface area contributed by atoms with E-state index in [4.69, 9.17) is 19.3 Å². The molecule has 1 saturated heterocycles. The van der Waals surface area contributed by atoms with Gasteiger partial charge in [-0.1, -0.05) is 0 Å². The van der Waals surface area contributed by atoms with Gasteiger partial charge in [0.25, 0.3) is 5.91 Å². The van der Waals surface area contributed by atoms with Gasteiger partial charge in [0.05, 0.1) is 54.1 Å². The summed E-state index contributed by atoms with van der Waals surface area (Å²) in [6.45, 7) is 3.94. The van der Waals surface area contributed by atoms with Crippen LogP contribution in [0.5, 0.6) is 17.2 Å². The van der Waals surface area contributed by atoms with Crippen LogP contribution in [0.3, 0.4) is 0 Å². The Labute approximate surface area is 148 Å². The van der Waals surface area contributed by atoms with E-state index in [0.717, 1.165) is 19.6 Å². The Morgan fingerprint density at radius 3 is 2.08 bits per heavy atom. The van der Waals surface area contributed by atoms with Crippen molar-refractivity contribution in [3.05, 3.63) is 17.7 Å². The predicted molar refractivity (Wildman–Crippen MR) is 84.7 cm³/mol. The van der Waals surface area contributed by atoms with Crippen LogP contribution < -0.4 is 31.5 Å². The van der Waals surface area contributed by atoms with Crippen molar-refractivity contribution in [1.29, 1.82) is 0 Å². The fourth-order valence-electron chi connectivity index (χ4n) is 2.82. The molecule has 8 heteroatoms. The molecule has 2 N–H and O–H groups in total. The number of nitrogens with zero attached hydrogens (tertiary/aromatic N) is 1. The molecule has 0 saturated carbocycles. The maximum atomic E-state index is 12.7. The van der Waals surface area contributed by atoms with Crippen LogP contribution in [0, 0.1) is 0 Å². The fraction of sp³-hybridized carbons (Fsp3) is 0.562. The number of hydrogen-bond acceptors (Lipinski definition) is 5. The van der Waals surface area contributed by atoms with Crippen LogP contribution in [0.4, 0.5) is 0 Å². The van der Waals surface area contributed by atoms with Crippen LogP contribution in [-0.2, 0) is 0 Å². The van der Waals surface area contributed by atoms with Crippen molar-refractivity contribution in [2.45, 2.75) is 0 Å². The van der Waals surface area contributed by atoms with E-state index in [-0.39, 0.29) is 24.9 Å². The van der Waals surface area contributed by atoms with Gasteiger partial charge < -0.3 is 41.5 Å². The van der Waals surface area contributed by atoms with Gasteiger partial charge in [0, 0.05) is 5.56 Å². The molecular weight excluding hydrogens is 336 g/mol. The van der Waals surface area contributed by atoms with Gasteiger partial charge in [0.1, 0.15) is 6.54 Å². The zero-order valence-electron chi connectivity index (χ0n) is 14.3. The lowest BCUT2D eigenvalue weighted by molar-refractivity contribution is -0.904. The largest absolute Gasteiger partial charge is 1.00 e. The molecule has 0 bridgehead atoms. The molecule has 1 amide bonds. The highest BCUT2D eigenvalue weighted by atomic mass is 35.5. The molecule has 1 aliphatic heterocycles. The van der Waals surface area contributed by atoms with E-state index >= 15 is 0 Å². The summed E-state index contributed by atoms with van der Waals surface area (Å²) in [5, 5.41) is 9.00. The Balaban J connectivity index is 0.00000288. The van der Waals surface area contributed by atoms with Crippen LogP contribution in [-0.4, -0.2) is 76.6 Å². The summed E-state index contributed by atoms with van der Waals surface area (Å²) < 4.78 is 15.9. The molecule has 1 heterocycles. The van der Waals surface area contributed by atoms with Gasteiger partial charge in [0.2, 0.25) is 5.75 Å².